The Morgan fingerprint density at radius 3 is 1.76 bits per heavy atom. The van der Waals surface area contributed by atoms with Gasteiger partial charge in [-0.15, -0.1) is 11.3 Å². The molecule has 0 unspecified atom stereocenters. The summed E-state index contributed by atoms with van der Waals surface area (Å²) in [5, 5.41) is 9.91. The second-order valence-electron chi connectivity index (χ2n) is 15.7. The standard InChI is InChI=1S/C54H31N3OS/c1-5-14-43-36(10-1)39-26-27-40-37-11-2-6-15-44(37)57-47-31-35(25-28-45(47)56(43)53(39)54(40)57)55(46-16-9-19-51-52(46)41-13-4-8-18-50(41)59-51)34-23-20-32(21-24-34)33-22-29-49-42(30-33)38-12-3-7-17-48(38)58-49/h1-31H. The third-order valence-corrected chi connectivity index (χ3v) is 13.8. The third kappa shape index (κ3) is 4.21. The molecule has 5 heteroatoms. The molecule has 59 heavy (non-hydrogen) atoms. The minimum absolute atomic E-state index is 0.908. The summed E-state index contributed by atoms with van der Waals surface area (Å²) in [5.41, 5.74) is 14.8. The Balaban J connectivity index is 1.04. The Bertz CT molecular complexity index is 4030. The summed E-state index contributed by atoms with van der Waals surface area (Å²) >= 11 is 1.86. The first-order valence-corrected chi connectivity index (χ1v) is 20.9. The van der Waals surface area contributed by atoms with Gasteiger partial charge in [0.2, 0.25) is 0 Å². The van der Waals surface area contributed by atoms with Crippen molar-refractivity contribution in [3.8, 4) is 11.1 Å². The smallest absolute Gasteiger partial charge is 0.135 e. The summed E-state index contributed by atoms with van der Waals surface area (Å²) in [7, 11) is 0. The highest BCUT2D eigenvalue weighted by atomic mass is 32.1. The Morgan fingerprint density at radius 2 is 0.983 bits per heavy atom. The van der Waals surface area contributed by atoms with E-state index in [1.54, 1.807) is 0 Å². The maximum Gasteiger partial charge on any atom is 0.135 e. The first-order chi connectivity index (χ1) is 29.3. The van der Waals surface area contributed by atoms with Crippen LogP contribution in [-0.2, 0) is 0 Å². The Labute approximate surface area is 340 Å². The molecule has 0 atom stereocenters. The molecule has 0 amide bonds. The number of para-hydroxylation sites is 3. The van der Waals surface area contributed by atoms with Crippen LogP contribution in [0.3, 0.4) is 0 Å². The van der Waals surface area contributed by atoms with Crippen molar-refractivity contribution >= 4 is 125 Å². The lowest BCUT2D eigenvalue weighted by atomic mass is 10.0. The molecule has 0 saturated carbocycles. The highest BCUT2D eigenvalue weighted by molar-refractivity contribution is 7.26. The molecule has 9 aromatic carbocycles. The number of hydrogen-bond acceptors (Lipinski definition) is 3. The molecule has 5 aromatic heterocycles. The molecule has 0 bridgehead atoms. The van der Waals surface area contributed by atoms with Gasteiger partial charge in [-0.25, -0.2) is 0 Å². The largest absolute Gasteiger partial charge is 0.456 e. The van der Waals surface area contributed by atoms with Crippen LogP contribution in [0.1, 0.15) is 0 Å². The minimum atomic E-state index is 0.908. The van der Waals surface area contributed by atoms with Gasteiger partial charge < -0.3 is 18.1 Å². The van der Waals surface area contributed by atoms with E-state index in [-0.39, 0.29) is 0 Å². The fourth-order valence-corrected chi connectivity index (χ4v) is 11.2. The molecule has 274 valence electrons. The summed E-state index contributed by atoms with van der Waals surface area (Å²) in [4.78, 5) is 2.46. The van der Waals surface area contributed by atoms with Crippen LogP contribution in [0.4, 0.5) is 17.1 Å². The molecule has 0 radical (unpaired) electrons. The molecule has 0 fully saturated rings. The number of aromatic nitrogens is 2. The summed E-state index contributed by atoms with van der Waals surface area (Å²) in [6, 6.07) is 68.9. The van der Waals surface area contributed by atoms with Crippen LogP contribution in [0.25, 0.3) is 108 Å². The first-order valence-electron chi connectivity index (χ1n) is 20.1. The van der Waals surface area contributed by atoms with Crippen LogP contribution in [0, 0.1) is 0 Å². The van der Waals surface area contributed by atoms with Crippen LogP contribution in [0.5, 0.6) is 0 Å². The van der Waals surface area contributed by atoms with Gasteiger partial charge in [0.1, 0.15) is 11.2 Å². The van der Waals surface area contributed by atoms with Crippen LogP contribution < -0.4 is 4.90 Å². The Morgan fingerprint density at radius 1 is 0.373 bits per heavy atom. The van der Waals surface area contributed by atoms with E-state index in [4.69, 9.17) is 4.42 Å². The van der Waals surface area contributed by atoms with Crippen molar-refractivity contribution in [2.45, 2.75) is 0 Å². The molecule has 4 nitrogen and oxygen atoms in total. The predicted molar refractivity (Wildman–Crippen MR) is 250 cm³/mol. The summed E-state index contributed by atoms with van der Waals surface area (Å²) < 4.78 is 13.7. The average molecular weight is 770 g/mol. The van der Waals surface area contributed by atoms with Crippen molar-refractivity contribution in [3.63, 3.8) is 0 Å². The number of thiophene rings is 1. The molecule has 0 saturated heterocycles. The van der Waals surface area contributed by atoms with Gasteiger partial charge in [0, 0.05) is 63.9 Å². The first kappa shape index (κ1) is 31.5. The monoisotopic (exact) mass is 769 g/mol. The molecule has 0 aliphatic rings. The van der Waals surface area contributed by atoms with Gasteiger partial charge in [0.15, 0.2) is 0 Å². The quantitative estimate of drug-likeness (QED) is 0.167. The Kier molecular flexibility index (Phi) is 6.14. The van der Waals surface area contributed by atoms with E-state index in [2.05, 4.69) is 190 Å². The van der Waals surface area contributed by atoms with E-state index >= 15 is 0 Å². The van der Waals surface area contributed by atoms with Crippen LogP contribution in [0.15, 0.2) is 192 Å². The maximum absolute atomic E-state index is 6.17. The van der Waals surface area contributed by atoms with Gasteiger partial charge in [-0.05, 0) is 90.0 Å². The van der Waals surface area contributed by atoms with Crippen molar-refractivity contribution in [3.05, 3.63) is 188 Å². The number of anilines is 3. The second-order valence-corrected chi connectivity index (χ2v) is 16.8. The molecular formula is C54H31N3OS. The zero-order valence-corrected chi connectivity index (χ0v) is 32.4. The highest BCUT2D eigenvalue weighted by Crippen LogP contribution is 2.47. The van der Waals surface area contributed by atoms with Crippen molar-refractivity contribution in [2.24, 2.45) is 0 Å². The van der Waals surface area contributed by atoms with Gasteiger partial charge in [0.05, 0.1) is 38.8 Å². The number of rotatable bonds is 4. The van der Waals surface area contributed by atoms with Gasteiger partial charge in [-0.1, -0.05) is 109 Å². The van der Waals surface area contributed by atoms with E-state index in [9.17, 15) is 0 Å². The second kappa shape index (κ2) is 11.5. The predicted octanol–water partition coefficient (Wildman–Crippen LogP) is 15.6. The zero-order chi connectivity index (χ0) is 38.3. The topological polar surface area (TPSA) is 25.2 Å². The third-order valence-electron chi connectivity index (χ3n) is 12.6. The summed E-state index contributed by atoms with van der Waals surface area (Å²) in [5.74, 6) is 0. The lowest BCUT2D eigenvalue weighted by molar-refractivity contribution is 0.669. The van der Waals surface area contributed by atoms with Gasteiger partial charge >= 0.3 is 0 Å². The normalized spacial score (nSPS) is 12.4. The summed E-state index contributed by atoms with van der Waals surface area (Å²) in [6.07, 6.45) is 0. The zero-order valence-electron chi connectivity index (χ0n) is 31.6. The lowest BCUT2D eigenvalue weighted by Crippen LogP contribution is -2.11. The van der Waals surface area contributed by atoms with Gasteiger partial charge in [-0.2, -0.15) is 0 Å². The molecule has 0 aliphatic carbocycles. The van der Waals surface area contributed by atoms with E-state index in [0.29, 0.717) is 0 Å². The summed E-state index contributed by atoms with van der Waals surface area (Å²) in [6.45, 7) is 0. The molecule has 5 heterocycles. The number of hydrogen-bond donors (Lipinski definition) is 0. The van der Waals surface area contributed by atoms with Crippen LogP contribution in [0.2, 0.25) is 0 Å². The number of benzene rings is 9. The fourth-order valence-electron chi connectivity index (χ4n) is 10.1. The van der Waals surface area contributed by atoms with Crippen LogP contribution in [-0.4, -0.2) is 8.80 Å². The van der Waals surface area contributed by atoms with Gasteiger partial charge in [0.25, 0.3) is 0 Å². The molecular weight excluding hydrogens is 739 g/mol. The van der Waals surface area contributed by atoms with Crippen molar-refractivity contribution in [2.75, 3.05) is 4.90 Å². The van der Waals surface area contributed by atoms with E-state index in [0.717, 1.165) is 50.1 Å². The van der Waals surface area contributed by atoms with Gasteiger partial charge in [-0.3, -0.25) is 0 Å². The van der Waals surface area contributed by atoms with E-state index < -0.39 is 0 Å². The fraction of sp³-hybridized carbons (Fsp3) is 0. The van der Waals surface area contributed by atoms with Crippen molar-refractivity contribution in [1.82, 2.24) is 8.80 Å². The molecule has 0 N–H and O–H groups in total. The lowest BCUT2D eigenvalue weighted by Gasteiger charge is -2.27. The SMILES string of the molecule is c1ccc2c(c1)oc1ccc(-c3ccc(N(c4ccc5c(c4)n4c6ccccc6c6ccc7c8ccccc8n5c7c64)c4cccc5sc6ccccc6c45)cc3)cc12. The maximum atomic E-state index is 6.17. The van der Waals surface area contributed by atoms with E-state index in [1.807, 2.05) is 23.5 Å². The van der Waals surface area contributed by atoms with E-state index in [1.165, 1.54) is 74.8 Å². The molecule has 0 aliphatic heterocycles. The molecule has 0 spiro atoms. The number of fused-ring (bicyclic) bond motifs is 15. The Hall–Kier alpha value is -7.60. The molecule has 14 rings (SSSR count). The van der Waals surface area contributed by atoms with Crippen molar-refractivity contribution in [1.29, 1.82) is 0 Å². The van der Waals surface area contributed by atoms with Crippen LogP contribution >= 0.6 is 11.3 Å². The highest BCUT2D eigenvalue weighted by Gasteiger charge is 2.24. The molecule has 14 aromatic rings. The number of nitrogens with zero attached hydrogens (tertiary/aromatic N) is 3. The van der Waals surface area contributed by atoms with Crippen molar-refractivity contribution < 1.29 is 4.42 Å². The minimum Gasteiger partial charge on any atom is -0.456 e. The average Bonchev–Trinajstić information content (AvgIpc) is 4.05. The number of furan rings is 1.